The summed E-state index contributed by atoms with van der Waals surface area (Å²) in [7, 11) is 0. The molecule has 1 atom stereocenters. The quantitative estimate of drug-likeness (QED) is 0.505. The second-order valence-electron chi connectivity index (χ2n) is 8.09. The molecule has 3 heterocycles. The highest BCUT2D eigenvalue weighted by molar-refractivity contribution is 7.00. The molecule has 5 rings (SSSR count). The van der Waals surface area contributed by atoms with Crippen molar-refractivity contribution >= 4 is 28.7 Å². The van der Waals surface area contributed by atoms with Gasteiger partial charge in [-0.05, 0) is 41.3 Å². The van der Waals surface area contributed by atoms with Crippen molar-refractivity contribution in [1.29, 1.82) is 0 Å². The molecular formula is C22H23N7OS. The summed E-state index contributed by atoms with van der Waals surface area (Å²) in [5, 5.41) is 22.9. The maximum atomic E-state index is 10.7. The molecule has 9 heteroatoms. The number of aromatic nitrogens is 5. The van der Waals surface area contributed by atoms with Gasteiger partial charge in [0, 0.05) is 31.2 Å². The van der Waals surface area contributed by atoms with E-state index in [2.05, 4.69) is 48.0 Å². The van der Waals surface area contributed by atoms with E-state index in [1.165, 1.54) is 11.7 Å². The van der Waals surface area contributed by atoms with Gasteiger partial charge in [-0.15, -0.1) is 10.2 Å². The van der Waals surface area contributed by atoms with E-state index in [0.717, 1.165) is 41.8 Å². The van der Waals surface area contributed by atoms with Gasteiger partial charge in [-0.25, -0.2) is 4.98 Å². The topological polar surface area (TPSA) is 100.0 Å². The van der Waals surface area contributed by atoms with Gasteiger partial charge >= 0.3 is 0 Å². The van der Waals surface area contributed by atoms with Crippen molar-refractivity contribution in [2.45, 2.75) is 19.9 Å². The Kier molecular flexibility index (Phi) is 5.21. The molecule has 2 aromatic carbocycles. The molecule has 1 aliphatic heterocycles. The van der Waals surface area contributed by atoms with E-state index >= 15 is 0 Å². The predicted molar refractivity (Wildman–Crippen MR) is 122 cm³/mol. The molecule has 2 N–H and O–H groups in total. The van der Waals surface area contributed by atoms with Crippen LogP contribution in [0.25, 0.3) is 33.4 Å². The third-order valence-electron chi connectivity index (χ3n) is 5.70. The lowest BCUT2D eigenvalue weighted by Crippen LogP contribution is -2.53. The first-order valence-corrected chi connectivity index (χ1v) is 11.1. The maximum Gasteiger partial charge on any atom is 0.245 e. The number of nitrogens with zero attached hydrogens (tertiary/aromatic N) is 6. The number of rotatable bonds is 4. The number of fused-ring (bicyclic) bond motifs is 1. The van der Waals surface area contributed by atoms with Crippen LogP contribution in [0.4, 0.5) is 5.95 Å². The fraction of sp³-hybridized carbons (Fsp3) is 0.318. The Balaban J connectivity index is 1.37. The number of hydrogen-bond acceptors (Lipinski definition) is 9. The minimum atomic E-state index is 0.139. The summed E-state index contributed by atoms with van der Waals surface area (Å²) in [5.74, 6) is 1.30. The highest BCUT2D eigenvalue weighted by Gasteiger charge is 2.23. The van der Waals surface area contributed by atoms with Crippen molar-refractivity contribution in [2.24, 2.45) is 5.92 Å². The highest BCUT2D eigenvalue weighted by atomic mass is 32.1. The predicted octanol–water partition coefficient (Wildman–Crippen LogP) is 3.35. The Hall–Kier alpha value is -3.17. The summed E-state index contributed by atoms with van der Waals surface area (Å²) in [6, 6.07) is 11.8. The zero-order valence-electron chi connectivity index (χ0n) is 17.4. The standard InChI is InChI=1S/C22H23N7OS/c1-13(2)20-12-29(8-7-23-20)22-24-11-19(25-26-22)16-5-3-15(10-21(16)30)14-4-6-17-18(9-14)28-31-27-17/h3-6,9-11,13,20,23,30H,7-8,12H2,1-2H3/t20-/m1/s1. The van der Waals surface area contributed by atoms with E-state index < -0.39 is 0 Å². The van der Waals surface area contributed by atoms with Crippen LogP contribution >= 0.6 is 11.7 Å². The molecule has 8 nitrogen and oxygen atoms in total. The van der Waals surface area contributed by atoms with Crippen molar-refractivity contribution in [3.63, 3.8) is 0 Å². The van der Waals surface area contributed by atoms with Gasteiger partial charge in [0.15, 0.2) is 0 Å². The first kappa shape index (κ1) is 19.8. The zero-order valence-corrected chi connectivity index (χ0v) is 18.2. The normalized spacial score (nSPS) is 16.9. The lowest BCUT2D eigenvalue weighted by Gasteiger charge is -2.35. The van der Waals surface area contributed by atoms with Crippen LogP contribution in [0.15, 0.2) is 42.6 Å². The van der Waals surface area contributed by atoms with Gasteiger partial charge in [0.2, 0.25) is 5.95 Å². The number of aromatic hydroxyl groups is 1. The first-order valence-electron chi connectivity index (χ1n) is 10.3. The van der Waals surface area contributed by atoms with Crippen LogP contribution in [0.1, 0.15) is 13.8 Å². The van der Waals surface area contributed by atoms with Crippen molar-refractivity contribution in [1.82, 2.24) is 29.2 Å². The Morgan fingerprint density at radius 1 is 1.06 bits per heavy atom. The van der Waals surface area contributed by atoms with E-state index in [0.29, 0.717) is 29.2 Å². The number of anilines is 1. The van der Waals surface area contributed by atoms with Crippen LogP contribution in [0, 0.1) is 5.92 Å². The van der Waals surface area contributed by atoms with E-state index in [1.54, 1.807) is 12.3 Å². The number of piperazine rings is 1. The van der Waals surface area contributed by atoms with E-state index in [4.69, 9.17) is 0 Å². The molecule has 0 bridgehead atoms. The lowest BCUT2D eigenvalue weighted by molar-refractivity contribution is 0.365. The van der Waals surface area contributed by atoms with Crippen LogP contribution in [0.5, 0.6) is 5.75 Å². The first-order chi connectivity index (χ1) is 15.1. The van der Waals surface area contributed by atoms with Crippen molar-refractivity contribution in [3.05, 3.63) is 42.6 Å². The van der Waals surface area contributed by atoms with Gasteiger partial charge in [-0.3, -0.25) is 0 Å². The van der Waals surface area contributed by atoms with Crippen LogP contribution in [0.3, 0.4) is 0 Å². The van der Waals surface area contributed by atoms with Crippen LogP contribution in [-0.2, 0) is 0 Å². The largest absolute Gasteiger partial charge is 0.507 e. The molecule has 0 amide bonds. The minimum Gasteiger partial charge on any atom is -0.507 e. The Morgan fingerprint density at radius 2 is 1.87 bits per heavy atom. The summed E-state index contributed by atoms with van der Waals surface area (Å²) in [5.41, 5.74) is 4.74. The molecule has 0 radical (unpaired) electrons. The molecule has 4 aromatic rings. The zero-order chi connectivity index (χ0) is 21.4. The van der Waals surface area contributed by atoms with Crippen molar-refractivity contribution in [3.8, 4) is 28.1 Å². The van der Waals surface area contributed by atoms with Gasteiger partial charge in [0.05, 0.1) is 17.9 Å². The number of phenols is 1. The molecule has 1 fully saturated rings. The maximum absolute atomic E-state index is 10.7. The van der Waals surface area contributed by atoms with Crippen molar-refractivity contribution < 1.29 is 5.11 Å². The third-order valence-corrected chi connectivity index (χ3v) is 6.26. The second-order valence-corrected chi connectivity index (χ2v) is 8.62. The summed E-state index contributed by atoms with van der Waals surface area (Å²) < 4.78 is 8.52. The van der Waals surface area contributed by atoms with Gasteiger partial charge in [-0.1, -0.05) is 26.0 Å². The van der Waals surface area contributed by atoms with Crippen LogP contribution in [0.2, 0.25) is 0 Å². The van der Waals surface area contributed by atoms with Crippen molar-refractivity contribution in [2.75, 3.05) is 24.5 Å². The Morgan fingerprint density at radius 3 is 2.65 bits per heavy atom. The Bertz CT molecular complexity index is 1210. The minimum absolute atomic E-state index is 0.139. The fourth-order valence-corrected chi connectivity index (χ4v) is 4.35. The highest BCUT2D eigenvalue weighted by Crippen LogP contribution is 2.33. The van der Waals surface area contributed by atoms with E-state index in [1.807, 2.05) is 30.3 Å². The molecule has 0 spiro atoms. The van der Waals surface area contributed by atoms with Gasteiger partial charge < -0.3 is 15.3 Å². The molecule has 1 saturated heterocycles. The monoisotopic (exact) mass is 433 g/mol. The molecule has 2 aromatic heterocycles. The third kappa shape index (κ3) is 3.94. The van der Waals surface area contributed by atoms with E-state index in [9.17, 15) is 5.11 Å². The Labute approximate surface area is 184 Å². The summed E-state index contributed by atoms with van der Waals surface area (Å²) in [6.45, 7) is 7.03. The van der Waals surface area contributed by atoms with Crippen LogP contribution in [-0.4, -0.2) is 54.7 Å². The number of phenolic OH excluding ortho intramolecular Hbond substituents is 1. The molecular weight excluding hydrogens is 410 g/mol. The summed E-state index contributed by atoms with van der Waals surface area (Å²) >= 11 is 1.19. The summed E-state index contributed by atoms with van der Waals surface area (Å²) in [6.07, 6.45) is 1.68. The molecule has 0 unspecified atom stereocenters. The molecule has 0 saturated carbocycles. The van der Waals surface area contributed by atoms with E-state index in [-0.39, 0.29) is 5.75 Å². The van der Waals surface area contributed by atoms with Gasteiger partial charge in [0.1, 0.15) is 22.5 Å². The molecule has 1 aliphatic rings. The van der Waals surface area contributed by atoms with Gasteiger partial charge in [-0.2, -0.15) is 8.75 Å². The number of nitrogens with one attached hydrogen (secondary N) is 1. The molecule has 0 aliphatic carbocycles. The fourth-order valence-electron chi connectivity index (χ4n) is 3.83. The van der Waals surface area contributed by atoms with Crippen LogP contribution < -0.4 is 10.2 Å². The SMILES string of the molecule is CC(C)[C@H]1CN(c2ncc(-c3ccc(-c4ccc5nsnc5c4)cc3O)nn2)CCN1. The average Bonchev–Trinajstić information content (AvgIpc) is 3.27. The lowest BCUT2D eigenvalue weighted by atomic mass is 10.0. The molecule has 31 heavy (non-hydrogen) atoms. The number of hydrogen-bond donors (Lipinski definition) is 2. The molecule has 158 valence electrons. The number of benzene rings is 2. The summed E-state index contributed by atoms with van der Waals surface area (Å²) in [4.78, 5) is 6.68. The van der Waals surface area contributed by atoms with Gasteiger partial charge in [0.25, 0.3) is 0 Å². The smallest absolute Gasteiger partial charge is 0.245 e. The average molecular weight is 434 g/mol. The second kappa shape index (κ2) is 8.16.